The van der Waals surface area contributed by atoms with E-state index in [1.54, 1.807) is 0 Å². The molecule has 2 aromatic carbocycles. The number of carbonyl (C=O) groups excluding carboxylic acids is 1. The lowest BCUT2D eigenvalue weighted by atomic mass is 10.2. The third kappa shape index (κ3) is 4.20. The highest BCUT2D eigenvalue weighted by atomic mass is 32.2. The summed E-state index contributed by atoms with van der Waals surface area (Å²) in [5.74, 6) is -0.477. The van der Waals surface area contributed by atoms with E-state index in [1.165, 1.54) is 48.2 Å². The van der Waals surface area contributed by atoms with Gasteiger partial charge in [0.05, 0.1) is 33.3 Å². The Balaban J connectivity index is 1.70. The van der Waals surface area contributed by atoms with E-state index < -0.39 is 15.9 Å². The molecule has 0 fully saturated rings. The number of nitriles is 1. The Bertz CT molecular complexity index is 1160. The second-order valence-corrected chi connectivity index (χ2v) is 9.20. The summed E-state index contributed by atoms with van der Waals surface area (Å²) in [4.78, 5) is 16.7. The Morgan fingerprint density at radius 3 is 2.61 bits per heavy atom. The number of amides is 1. The number of benzene rings is 2. The maximum atomic E-state index is 12.6. The summed E-state index contributed by atoms with van der Waals surface area (Å²) in [6, 6.07) is 13.4. The molecule has 1 N–H and O–H groups in total. The number of nitrogens with zero attached hydrogens (tertiary/aromatic N) is 3. The SMILES string of the molecule is CCc1ccc2nc(NC(=O)CN(C)S(=O)(=O)c3ccc(C#N)cc3)sc2c1. The van der Waals surface area contributed by atoms with Gasteiger partial charge in [0.1, 0.15) is 0 Å². The van der Waals surface area contributed by atoms with Crippen molar-refractivity contribution in [2.45, 2.75) is 18.2 Å². The number of hydrogen-bond donors (Lipinski definition) is 1. The number of fused-ring (bicyclic) bond motifs is 1. The summed E-state index contributed by atoms with van der Waals surface area (Å²) >= 11 is 1.35. The maximum absolute atomic E-state index is 12.6. The van der Waals surface area contributed by atoms with Gasteiger partial charge in [-0.3, -0.25) is 4.79 Å². The largest absolute Gasteiger partial charge is 0.301 e. The van der Waals surface area contributed by atoms with Gasteiger partial charge in [-0.2, -0.15) is 9.57 Å². The Morgan fingerprint density at radius 2 is 1.96 bits per heavy atom. The first-order valence-electron chi connectivity index (χ1n) is 8.49. The fourth-order valence-corrected chi connectivity index (χ4v) is 4.64. The quantitative estimate of drug-likeness (QED) is 0.668. The molecule has 0 aliphatic rings. The molecule has 1 heterocycles. The zero-order valence-electron chi connectivity index (χ0n) is 15.3. The maximum Gasteiger partial charge on any atom is 0.243 e. The van der Waals surface area contributed by atoms with Gasteiger partial charge in [-0.15, -0.1) is 0 Å². The lowest BCUT2D eigenvalue weighted by molar-refractivity contribution is -0.116. The number of thiazole rings is 1. The van der Waals surface area contributed by atoms with Gasteiger partial charge >= 0.3 is 0 Å². The van der Waals surface area contributed by atoms with Gasteiger partial charge in [-0.25, -0.2) is 13.4 Å². The standard InChI is InChI=1S/C19H18N4O3S2/c1-3-13-6-9-16-17(10-13)27-19(21-16)22-18(24)12-23(2)28(25,26)15-7-4-14(11-20)5-8-15/h4-10H,3,12H2,1-2H3,(H,21,22,24). The van der Waals surface area contributed by atoms with E-state index in [1.807, 2.05) is 24.3 Å². The van der Waals surface area contributed by atoms with Crippen molar-refractivity contribution in [1.82, 2.24) is 9.29 Å². The molecule has 1 amide bonds. The van der Waals surface area contributed by atoms with E-state index in [0.717, 1.165) is 20.9 Å². The van der Waals surface area contributed by atoms with E-state index in [0.29, 0.717) is 10.7 Å². The molecule has 0 aliphatic heterocycles. The van der Waals surface area contributed by atoms with Gasteiger partial charge in [0, 0.05) is 7.05 Å². The van der Waals surface area contributed by atoms with Crippen molar-refractivity contribution in [3.8, 4) is 6.07 Å². The van der Waals surface area contributed by atoms with Crippen LogP contribution in [0.3, 0.4) is 0 Å². The van der Waals surface area contributed by atoms with Crippen LogP contribution in [0.25, 0.3) is 10.2 Å². The summed E-state index contributed by atoms with van der Waals surface area (Å²) in [7, 11) is -2.51. The summed E-state index contributed by atoms with van der Waals surface area (Å²) in [5, 5.41) is 11.9. The second-order valence-electron chi connectivity index (χ2n) is 6.12. The molecular formula is C19H18N4O3S2. The van der Waals surface area contributed by atoms with Crippen molar-refractivity contribution in [3.05, 3.63) is 53.6 Å². The van der Waals surface area contributed by atoms with Crippen LogP contribution >= 0.6 is 11.3 Å². The summed E-state index contributed by atoms with van der Waals surface area (Å²) in [6.07, 6.45) is 0.910. The first-order valence-corrected chi connectivity index (χ1v) is 10.7. The van der Waals surface area contributed by atoms with Crippen molar-refractivity contribution < 1.29 is 13.2 Å². The second kappa shape index (κ2) is 8.06. The van der Waals surface area contributed by atoms with Gasteiger partial charge in [0.2, 0.25) is 15.9 Å². The molecule has 1 aromatic heterocycles. The van der Waals surface area contributed by atoms with Crippen molar-refractivity contribution in [3.63, 3.8) is 0 Å². The van der Waals surface area contributed by atoms with Gasteiger partial charge in [-0.1, -0.05) is 24.3 Å². The van der Waals surface area contributed by atoms with Crippen LogP contribution in [0.1, 0.15) is 18.1 Å². The van der Waals surface area contributed by atoms with Crippen molar-refractivity contribution in [2.24, 2.45) is 0 Å². The molecule has 0 atom stereocenters. The average Bonchev–Trinajstić information content (AvgIpc) is 3.08. The predicted octanol–water partition coefficient (Wildman–Crippen LogP) is 2.99. The number of likely N-dealkylation sites (N-methyl/N-ethyl adjacent to an activating group) is 1. The van der Waals surface area contributed by atoms with Crippen molar-refractivity contribution >= 4 is 42.6 Å². The normalized spacial score (nSPS) is 11.5. The Labute approximate surface area is 167 Å². The number of carbonyl (C=O) groups is 1. The van der Waals surface area contributed by atoms with E-state index in [9.17, 15) is 13.2 Å². The molecule has 3 rings (SSSR count). The molecule has 0 unspecified atom stereocenters. The zero-order valence-corrected chi connectivity index (χ0v) is 17.0. The van der Waals surface area contributed by atoms with E-state index in [2.05, 4.69) is 17.2 Å². The fraction of sp³-hybridized carbons (Fsp3) is 0.211. The van der Waals surface area contributed by atoms with Crippen LogP contribution in [0, 0.1) is 11.3 Å². The van der Waals surface area contributed by atoms with Crippen molar-refractivity contribution in [2.75, 3.05) is 18.9 Å². The van der Waals surface area contributed by atoms with Crippen LogP contribution in [0.4, 0.5) is 5.13 Å². The average molecular weight is 415 g/mol. The van der Waals surface area contributed by atoms with Crippen LogP contribution in [0.15, 0.2) is 47.4 Å². The molecule has 144 valence electrons. The minimum atomic E-state index is -3.84. The highest BCUT2D eigenvalue weighted by Gasteiger charge is 2.23. The highest BCUT2D eigenvalue weighted by molar-refractivity contribution is 7.89. The number of aryl methyl sites for hydroxylation is 1. The van der Waals surface area contributed by atoms with Crippen LogP contribution in [0.5, 0.6) is 0 Å². The number of hydrogen-bond acceptors (Lipinski definition) is 6. The lowest BCUT2D eigenvalue weighted by Gasteiger charge is -2.16. The smallest absolute Gasteiger partial charge is 0.243 e. The summed E-state index contributed by atoms with van der Waals surface area (Å²) < 4.78 is 27.1. The number of aromatic nitrogens is 1. The molecule has 28 heavy (non-hydrogen) atoms. The third-order valence-corrected chi connectivity index (χ3v) is 6.92. The first-order chi connectivity index (χ1) is 13.3. The fourth-order valence-electron chi connectivity index (χ4n) is 2.57. The van der Waals surface area contributed by atoms with Crippen LogP contribution < -0.4 is 5.32 Å². The monoisotopic (exact) mass is 414 g/mol. The molecule has 0 bridgehead atoms. The molecule has 3 aromatic rings. The van der Waals surface area contributed by atoms with E-state index >= 15 is 0 Å². The van der Waals surface area contributed by atoms with Gasteiger partial charge in [0.15, 0.2) is 5.13 Å². The Morgan fingerprint density at radius 1 is 1.25 bits per heavy atom. The topological polar surface area (TPSA) is 103 Å². The molecule has 0 spiro atoms. The number of anilines is 1. The molecule has 0 aliphatic carbocycles. The van der Waals surface area contributed by atoms with Crippen molar-refractivity contribution in [1.29, 1.82) is 5.26 Å². The Hall–Kier alpha value is -2.80. The van der Waals surface area contributed by atoms with Gasteiger partial charge < -0.3 is 5.32 Å². The summed E-state index contributed by atoms with van der Waals surface area (Å²) in [5.41, 5.74) is 2.33. The van der Waals surface area contributed by atoms with Crippen LogP contribution in [0.2, 0.25) is 0 Å². The molecule has 9 heteroatoms. The van der Waals surface area contributed by atoms with Crippen LogP contribution in [-0.4, -0.2) is 37.2 Å². The van der Waals surface area contributed by atoms with E-state index in [-0.39, 0.29) is 11.4 Å². The third-order valence-electron chi connectivity index (χ3n) is 4.17. The summed E-state index contributed by atoms with van der Waals surface area (Å²) in [6.45, 7) is 1.72. The van der Waals surface area contributed by atoms with Gasteiger partial charge in [-0.05, 0) is 48.4 Å². The molecule has 0 saturated heterocycles. The minimum absolute atomic E-state index is 0.0221. The molecular weight excluding hydrogens is 396 g/mol. The van der Waals surface area contributed by atoms with Crippen LogP contribution in [-0.2, 0) is 21.2 Å². The number of sulfonamides is 1. The number of nitrogens with one attached hydrogen (secondary N) is 1. The molecule has 0 saturated carbocycles. The zero-order chi connectivity index (χ0) is 20.3. The molecule has 0 radical (unpaired) electrons. The van der Waals surface area contributed by atoms with Gasteiger partial charge in [0.25, 0.3) is 0 Å². The first kappa shape index (κ1) is 19.9. The Kier molecular flexibility index (Phi) is 5.74. The van der Waals surface area contributed by atoms with E-state index in [4.69, 9.17) is 5.26 Å². The number of rotatable bonds is 6. The highest BCUT2D eigenvalue weighted by Crippen LogP contribution is 2.27. The predicted molar refractivity (Wildman–Crippen MR) is 109 cm³/mol. The minimum Gasteiger partial charge on any atom is -0.301 e. The lowest BCUT2D eigenvalue weighted by Crippen LogP contribution is -2.34. The molecule has 7 nitrogen and oxygen atoms in total.